The van der Waals surface area contributed by atoms with Crippen LogP contribution in [0.3, 0.4) is 0 Å². The largest absolute Gasteiger partial charge is 0.359 e. The van der Waals surface area contributed by atoms with Crippen LogP contribution in [0, 0.1) is 6.92 Å². The molecular weight excluding hydrogens is 352 g/mol. The number of nitrogens with zero attached hydrogens (tertiary/aromatic N) is 4. The smallest absolute Gasteiger partial charge is 0.191 e. The van der Waals surface area contributed by atoms with E-state index in [1.54, 1.807) is 7.05 Å². The summed E-state index contributed by atoms with van der Waals surface area (Å²) in [7, 11) is 1.76. The zero-order valence-electron chi connectivity index (χ0n) is 16.9. The maximum Gasteiger partial charge on any atom is 0.191 e. The third-order valence-electron chi connectivity index (χ3n) is 4.55. The molecule has 0 fully saturated rings. The molecule has 0 radical (unpaired) electrons. The Kier molecular flexibility index (Phi) is 6.47. The Morgan fingerprint density at radius 3 is 2.64 bits per heavy atom. The van der Waals surface area contributed by atoms with Crippen molar-refractivity contribution in [2.24, 2.45) is 4.99 Å². The van der Waals surface area contributed by atoms with Crippen molar-refractivity contribution < 1.29 is 4.52 Å². The van der Waals surface area contributed by atoms with Crippen LogP contribution in [0.1, 0.15) is 48.2 Å². The van der Waals surface area contributed by atoms with Crippen LogP contribution in [0.2, 0.25) is 0 Å². The van der Waals surface area contributed by atoms with Gasteiger partial charge in [0.15, 0.2) is 11.7 Å². The van der Waals surface area contributed by atoms with Crippen molar-refractivity contribution in [1.29, 1.82) is 0 Å². The van der Waals surface area contributed by atoms with Crippen LogP contribution in [0.25, 0.3) is 0 Å². The lowest BCUT2D eigenvalue weighted by Crippen LogP contribution is -2.36. The van der Waals surface area contributed by atoms with Crippen molar-refractivity contribution in [3.63, 3.8) is 0 Å². The molecule has 0 aliphatic heterocycles. The first kappa shape index (κ1) is 19.7. The second-order valence-electron chi connectivity index (χ2n) is 7.07. The highest BCUT2D eigenvalue weighted by Gasteiger charge is 2.08. The zero-order chi connectivity index (χ0) is 19.9. The van der Waals surface area contributed by atoms with Gasteiger partial charge in [-0.25, -0.2) is 4.98 Å². The fourth-order valence-electron chi connectivity index (χ4n) is 2.87. The Balaban J connectivity index is 1.53. The average Bonchev–Trinajstić information content (AvgIpc) is 3.32. The minimum absolute atomic E-state index is 0.355. The molecule has 0 unspecified atom stereocenters. The molecule has 0 amide bonds. The van der Waals surface area contributed by atoms with Crippen LogP contribution < -0.4 is 10.6 Å². The van der Waals surface area contributed by atoms with Crippen molar-refractivity contribution >= 4 is 5.96 Å². The Bertz CT molecular complexity index is 924. The third-order valence-corrected chi connectivity index (χ3v) is 4.55. The number of guanidine groups is 1. The van der Waals surface area contributed by atoms with Crippen LogP contribution in [0.15, 0.2) is 52.2 Å². The number of rotatable bonds is 7. The van der Waals surface area contributed by atoms with Crippen LogP contribution in [0.4, 0.5) is 0 Å². The van der Waals surface area contributed by atoms with Crippen molar-refractivity contribution in [2.75, 3.05) is 7.05 Å². The van der Waals surface area contributed by atoms with Gasteiger partial charge in [0, 0.05) is 38.6 Å². The second-order valence-corrected chi connectivity index (χ2v) is 7.07. The fourth-order valence-corrected chi connectivity index (χ4v) is 2.87. The standard InChI is InChI=1S/C21H28N6O/c1-15(2)20-11-19(28-26-20)13-25-21(22-4)24-12-17-6-5-7-18(10-17)14-27-9-8-23-16(27)3/h5-11,15H,12-14H2,1-4H3,(H2,22,24,25). The van der Waals surface area contributed by atoms with E-state index in [9.17, 15) is 0 Å². The van der Waals surface area contributed by atoms with Crippen LogP contribution in [-0.4, -0.2) is 27.7 Å². The van der Waals surface area contributed by atoms with E-state index in [2.05, 4.69) is 68.4 Å². The average molecular weight is 380 g/mol. The lowest BCUT2D eigenvalue weighted by molar-refractivity contribution is 0.372. The second kappa shape index (κ2) is 9.21. The molecule has 0 saturated carbocycles. The highest BCUT2D eigenvalue weighted by Crippen LogP contribution is 2.13. The van der Waals surface area contributed by atoms with E-state index in [1.807, 2.05) is 25.4 Å². The molecule has 28 heavy (non-hydrogen) atoms. The first-order valence-corrected chi connectivity index (χ1v) is 9.50. The molecule has 2 N–H and O–H groups in total. The van der Waals surface area contributed by atoms with Crippen molar-refractivity contribution in [3.8, 4) is 0 Å². The van der Waals surface area contributed by atoms with Gasteiger partial charge in [-0.15, -0.1) is 0 Å². The van der Waals surface area contributed by atoms with Gasteiger partial charge < -0.3 is 19.7 Å². The topological polar surface area (TPSA) is 80.3 Å². The third kappa shape index (κ3) is 5.22. The summed E-state index contributed by atoms with van der Waals surface area (Å²) in [5.41, 5.74) is 3.40. The van der Waals surface area contributed by atoms with Crippen LogP contribution in [0.5, 0.6) is 0 Å². The normalized spacial score (nSPS) is 11.8. The van der Waals surface area contributed by atoms with Crippen LogP contribution >= 0.6 is 0 Å². The molecule has 0 atom stereocenters. The number of aliphatic imine (C=N–C) groups is 1. The molecule has 0 bridgehead atoms. The van der Waals surface area contributed by atoms with Gasteiger partial charge in [-0.3, -0.25) is 4.99 Å². The Labute approximate surface area is 165 Å². The maximum absolute atomic E-state index is 5.36. The van der Waals surface area contributed by atoms with Crippen molar-refractivity contribution in [2.45, 2.75) is 46.3 Å². The number of hydrogen-bond acceptors (Lipinski definition) is 4. The van der Waals surface area contributed by atoms with Crippen molar-refractivity contribution in [1.82, 2.24) is 25.3 Å². The highest BCUT2D eigenvalue weighted by molar-refractivity contribution is 5.79. The van der Waals surface area contributed by atoms with Gasteiger partial charge in [0.2, 0.25) is 0 Å². The fraction of sp³-hybridized carbons (Fsp3) is 0.381. The van der Waals surface area contributed by atoms with Crippen molar-refractivity contribution in [3.05, 3.63) is 71.1 Å². The van der Waals surface area contributed by atoms with E-state index in [0.29, 0.717) is 19.0 Å². The SMILES string of the molecule is CN=C(NCc1cccc(Cn2ccnc2C)c1)NCc1cc(C(C)C)no1. The number of benzene rings is 1. The zero-order valence-corrected chi connectivity index (χ0v) is 16.9. The molecule has 2 aromatic heterocycles. The summed E-state index contributed by atoms with van der Waals surface area (Å²) in [5, 5.41) is 10.7. The number of nitrogens with one attached hydrogen (secondary N) is 2. The van der Waals surface area contributed by atoms with E-state index < -0.39 is 0 Å². The van der Waals surface area contributed by atoms with E-state index in [0.717, 1.165) is 29.8 Å². The van der Waals surface area contributed by atoms with Gasteiger partial charge >= 0.3 is 0 Å². The minimum atomic E-state index is 0.355. The van der Waals surface area contributed by atoms with E-state index in [-0.39, 0.29) is 0 Å². The molecule has 148 valence electrons. The highest BCUT2D eigenvalue weighted by atomic mass is 16.5. The van der Waals surface area contributed by atoms with Gasteiger partial charge in [-0.2, -0.15) is 0 Å². The number of aromatic nitrogens is 3. The summed E-state index contributed by atoms with van der Waals surface area (Å²) in [6.45, 7) is 8.25. The van der Waals surface area contributed by atoms with E-state index >= 15 is 0 Å². The van der Waals surface area contributed by atoms with Gasteiger partial charge in [-0.05, 0) is 24.0 Å². The summed E-state index contributed by atoms with van der Waals surface area (Å²) in [6, 6.07) is 10.5. The summed E-state index contributed by atoms with van der Waals surface area (Å²) in [6.07, 6.45) is 3.83. The molecule has 0 spiro atoms. The number of hydrogen-bond donors (Lipinski definition) is 2. The first-order chi connectivity index (χ1) is 13.5. The molecule has 0 saturated heterocycles. The molecule has 0 aliphatic rings. The summed E-state index contributed by atoms with van der Waals surface area (Å²) >= 11 is 0. The lowest BCUT2D eigenvalue weighted by Gasteiger charge is -2.12. The Morgan fingerprint density at radius 1 is 1.18 bits per heavy atom. The summed E-state index contributed by atoms with van der Waals surface area (Å²) in [4.78, 5) is 8.55. The molecule has 2 heterocycles. The quantitative estimate of drug-likeness (QED) is 0.486. The first-order valence-electron chi connectivity index (χ1n) is 9.50. The lowest BCUT2D eigenvalue weighted by atomic mass is 10.1. The molecule has 7 nitrogen and oxygen atoms in total. The Morgan fingerprint density at radius 2 is 1.96 bits per heavy atom. The molecule has 3 rings (SSSR count). The summed E-state index contributed by atoms with van der Waals surface area (Å²) < 4.78 is 7.49. The minimum Gasteiger partial charge on any atom is -0.359 e. The maximum atomic E-state index is 5.36. The van der Waals surface area contributed by atoms with Gasteiger partial charge in [0.25, 0.3) is 0 Å². The molecule has 0 aliphatic carbocycles. The number of imidazole rings is 1. The van der Waals surface area contributed by atoms with Crippen LogP contribution in [-0.2, 0) is 19.6 Å². The van der Waals surface area contributed by atoms with E-state index in [4.69, 9.17) is 4.52 Å². The summed E-state index contributed by atoms with van der Waals surface area (Å²) in [5.74, 6) is 2.89. The molecule has 1 aromatic carbocycles. The van der Waals surface area contributed by atoms with Gasteiger partial charge in [-0.1, -0.05) is 43.3 Å². The molecular formula is C21H28N6O. The number of aryl methyl sites for hydroxylation is 1. The predicted octanol–water partition coefficient (Wildman–Crippen LogP) is 3.22. The van der Waals surface area contributed by atoms with E-state index in [1.165, 1.54) is 11.1 Å². The molecule has 3 aromatic rings. The molecule has 7 heteroatoms. The monoisotopic (exact) mass is 380 g/mol. The van der Waals surface area contributed by atoms with Gasteiger partial charge in [0.05, 0.1) is 12.2 Å². The predicted molar refractivity (Wildman–Crippen MR) is 110 cm³/mol. The van der Waals surface area contributed by atoms with Gasteiger partial charge in [0.1, 0.15) is 5.82 Å². The Hall–Kier alpha value is -3.09.